The predicted molar refractivity (Wildman–Crippen MR) is 71.7 cm³/mol. The summed E-state index contributed by atoms with van der Waals surface area (Å²) in [5.74, 6) is 0. The summed E-state index contributed by atoms with van der Waals surface area (Å²) in [4.78, 5) is 17.0. The van der Waals surface area contributed by atoms with Gasteiger partial charge in [0.2, 0.25) is 0 Å². The summed E-state index contributed by atoms with van der Waals surface area (Å²) in [5, 5.41) is 10.1. The first-order valence-electron chi connectivity index (χ1n) is 5.29. The molecule has 0 aliphatic heterocycles. The monoisotopic (exact) mass is 267 g/mol. The second-order valence-electron chi connectivity index (χ2n) is 3.38. The molecule has 0 saturated heterocycles. The van der Waals surface area contributed by atoms with Gasteiger partial charge >= 0.3 is 6.03 Å². The average molecular weight is 267 g/mol. The van der Waals surface area contributed by atoms with Gasteiger partial charge in [-0.05, 0) is 17.9 Å². The van der Waals surface area contributed by atoms with Crippen LogP contribution in [-0.2, 0) is 13.0 Å². The van der Waals surface area contributed by atoms with E-state index in [1.54, 1.807) is 11.3 Å². The van der Waals surface area contributed by atoms with Gasteiger partial charge in [-0.3, -0.25) is 5.32 Å². The van der Waals surface area contributed by atoms with Gasteiger partial charge in [0.25, 0.3) is 0 Å². The maximum atomic E-state index is 11.6. The molecule has 2 amide bonds. The van der Waals surface area contributed by atoms with Crippen LogP contribution in [-0.4, -0.2) is 11.0 Å². The molecule has 0 radical (unpaired) electrons. The third-order valence-electron chi connectivity index (χ3n) is 2.14. The van der Waals surface area contributed by atoms with Crippen molar-refractivity contribution in [2.75, 3.05) is 5.32 Å². The number of anilines is 1. The van der Waals surface area contributed by atoms with Crippen molar-refractivity contribution in [3.8, 4) is 0 Å². The second-order valence-corrected chi connectivity index (χ2v) is 5.27. The van der Waals surface area contributed by atoms with Crippen LogP contribution in [0.1, 0.15) is 17.5 Å². The molecule has 0 spiro atoms. The number of thiazole rings is 1. The molecule has 2 rings (SSSR count). The maximum Gasteiger partial charge on any atom is 0.321 e. The smallest absolute Gasteiger partial charge is 0.321 e. The number of nitrogens with one attached hydrogen (secondary N) is 2. The Balaban J connectivity index is 1.81. The molecule has 17 heavy (non-hydrogen) atoms. The van der Waals surface area contributed by atoms with Crippen LogP contribution in [0.2, 0.25) is 0 Å². The molecule has 2 aromatic heterocycles. The number of thiophene rings is 1. The van der Waals surface area contributed by atoms with Gasteiger partial charge in [0.05, 0.1) is 12.2 Å². The number of hydrogen-bond acceptors (Lipinski definition) is 4. The van der Waals surface area contributed by atoms with Gasteiger partial charge in [-0.2, -0.15) is 0 Å². The van der Waals surface area contributed by atoms with Gasteiger partial charge in [0.1, 0.15) is 0 Å². The van der Waals surface area contributed by atoms with Crippen LogP contribution in [0.15, 0.2) is 22.9 Å². The molecular weight excluding hydrogens is 254 g/mol. The van der Waals surface area contributed by atoms with Crippen molar-refractivity contribution in [3.63, 3.8) is 0 Å². The summed E-state index contributed by atoms with van der Waals surface area (Å²) in [6, 6.07) is 3.74. The first-order chi connectivity index (χ1) is 8.28. The maximum absolute atomic E-state index is 11.6. The Labute approximate surface area is 108 Å². The lowest BCUT2D eigenvalue weighted by molar-refractivity contribution is 0.252. The number of aryl methyl sites for hydroxylation is 1. The van der Waals surface area contributed by atoms with Gasteiger partial charge in [0.15, 0.2) is 5.13 Å². The Hall–Kier alpha value is -1.40. The third kappa shape index (κ3) is 3.54. The molecule has 0 aliphatic rings. The number of hydrogen-bond donors (Lipinski definition) is 2. The largest absolute Gasteiger partial charge is 0.333 e. The van der Waals surface area contributed by atoms with Gasteiger partial charge in [-0.1, -0.05) is 13.0 Å². The number of urea groups is 1. The number of carbonyl (C=O) groups excluding carboxylic acids is 1. The Morgan fingerprint density at radius 2 is 2.35 bits per heavy atom. The summed E-state index contributed by atoms with van der Waals surface area (Å²) < 4.78 is 0. The second kappa shape index (κ2) is 5.79. The summed E-state index contributed by atoms with van der Waals surface area (Å²) in [6.07, 6.45) is 0.884. The zero-order valence-electron chi connectivity index (χ0n) is 9.40. The summed E-state index contributed by atoms with van der Waals surface area (Å²) in [5.41, 5.74) is 1.00. The molecular formula is C11H13N3OS2. The van der Waals surface area contributed by atoms with Gasteiger partial charge < -0.3 is 5.32 Å². The molecule has 0 fully saturated rings. The molecule has 6 heteroatoms. The van der Waals surface area contributed by atoms with E-state index < -0.39 is 0 Å². The quantitative estimate of drug-likeness (QED) is 0.894. The van der Waals surface area contributed by atoms with Gasteiger partial charge in [0, 0.05) is 10.3 Å². The highest BCUT2D eigenvalue weighted by atomic mass is 32.1. The molecule has 2 N–H and O–H groups in total. The fourth-order valence-electron chi connectivity index (χ4n) is 1.25. The van der Waals surface area contributed by atoms with E-state index in [4.69, 9.17) is 0 Å². The van der Waals surface area contributed by atoms with E-state index in [-0.39, 0.29) is 6.03 Å². The van der Waals surface area contributed by atoms with E-state index in [9.17, 15) is 4.79 Å². The zero-order chi connectivity index (χ0) is 12.1. The first-order valence-corrected chi connectivity index (χ1v) is 7.05. The van der Waals surface area contributed by atoms with Crippen LogP contribution in [0.3, 0.4) is 0 Å². The lowest BCUT2D eigenvalue weighted by atomic mass is 10.4. The SMILES string of the molecule is CCc1csc(NC(=O)NCc2cccs2)n1. The zero-order valence-corrected chi connectivity index (χ0v) is 11.0. The minimum Gasteiger partial charge on any atom is -0.333 e. The summed E-state index contributed by atoms with van der Waals surface area (Å²) in [7, 11) is 0. The third-order valence-corrected chi connectivity index (χ3v) is 3.82. The first kappa shape index (κ1) is 12.1. The van der Waals surface area contributed by atoms with Crippen LogP contribution in [0.5, 0.6) is 0 Å². The van der Waals surface area contributed by atoms with E-state index in [0.29, 0.717) is 11.7 Å². The molecule has 2 heterocycles. The molecule has 0 atom stereocenters. The molecule has 4 nitrogen and oxygen atoms in total. The lowest BCUT2D eigenvalue weighted by Gasteiger charge is -2.03. The van der Waals surface area contributed by atoms with Crippen molar-refractivity contribution in [1.29, 1.82) is 0 Å². The van der Waals surface area contributed by atoms with Gasteiger partial charge in [-0.15, -0.1) is 22.7 Å². The van der Waals surface area contributed by atoms with E-state index in [0.717, 1.165) is 17.0 Å². The van der Waals surface area contributed by atoms with Crippen molar-refractivity contribution >= 4 is 33.8 Å². The average Bonchev–Trinajstić information content (AvgIpc) is 2.97. The normalized spacial score (nSPS) is 10.2. The van der Waals surface area contributed by atoms with Crippen molar-refractivity contribution in [3.05, 3.63) is 33.5 Å². The van der Waals surface area contributed by atoms with Crippen LogP contribution in [0.25, 0.3) is 0 Å². The van der Waals surface area contributed by atoms with E-state index in [1.807, 2.05) is 29.8 Å². The van der Waals surface area contributed by atoms with Crippen molar-refractivity contribution in [2.24, 2.45) is 0 Å². The molecule has 0 unspecified atom stereocenters. The number of amides is 2. The van der Waals surface area contributed by atoms with Crippen molar-refractivity contribution in [1.82, 2.24) is 10.3 Å². The minimum atomic E-state index is -0.213. The van der Waals surface area contributed by atoms with E-state index in [1.165, 1.54) is 11.3 Å². The summed E-state index contributed by atoms with van der Waals surface area (Å²) in [6.45, 7) is 2.59. The molecule has 0 saturated carbocycles. The molecule has 0 bridgehead atoms. The Bertz CT molecular complexity index is 479. The van der Waals surface area contributed by atoms with E-state index >= 15 is 0 Å². The van der Waals surface area contributed by atoms with Crippen molar-refractivity contribution < 1.29 is 4.79 Å². The Morgan fingerprint density at radius 1 is 1.47 bits per heavy atom. The molecule has 0 aliphatic carbocycles. The van der Waals surface area contributed by atoms with Crippen LogP contribution in [0.4, 0.5) is 9.93 Å². The highest BCUT2D eigenvalue weighted by molar-refractivity contribution is 7.13. The summed E-state index contributed by atoms with van der Waals surface area (Å²) >= 11 is 3.07. The highest BCUT2D eigenvalue weighted by Crippen LogP contribution is 2.15. The number of carbonyl (C=O) groups is 1. The molecule has 0 aromatic carbocycles. The topological polar surface area (TPSA) is 54.0 Å². The van der Waals surface area contributed by atoms with E-state index in [2.05, 4.69) is 15.6 Å². The number of rotatable bonds is 4. The van der Waals surface area contributed by atoms with Gasteiger partial charge in [-0.25, -0.2) is 9.78 Å². The lowest BCUT2D eigenvalue weighted by Crippen LogP contribution is -2.27. The van der Waals surface area contributed by atoms with Crippen LogP contribution < -0.4 is 10.6 Å². The molecule has 90 valence electrons. The fraction of sp³-hybridized carbons (Fsp3) is 0.273. The predicted octanol–water partition coefficient (Wildman–Crippen LogP) is 3.09. The number of aromatic nitrogens is 1. The van der Waals surface area contributed by atoms with Crippen LogP contribution in [0, 0.1) is 0 Å². The van der Waals surface area contributed by atoms with Crippen molar-refractivity contribution in [2.45, 2.75) is 19.9 Å². The Kier molecular flexibility index (Phi) is 4.11. The Morgan fingerprint density at radius 3 is 3.00 bits per heavy atom. The minimum absolute atomic E-state index is 0.213. The fourth-order valence-corrected chi connectivity index (χ4v) is 2.68. The molecule has 2 aromatic rings. The number of nitrogens with zero attached hydrogens (tertiary/aromatic N) is 1. The highest BCUT2D eigenvalue weighted by Gasteiger charge is 2.05. The van der Waals surface area contributed by atoms with Crippen LogP contribution >= 0.6 is 22.7 Å². The standard InChI is InChI=1S/C11H13N3OS2/c1-2-8-7-17-11(13-8)14-10(15)12-6-9-4-3-5-16-9/h3-5,7H,2,6H2,1H3,(H2,12,13,14,15).